The number of alkyl halides is 3. The van der Waals surface area contributed by atoms with Crippen molar-refractivity contribution >= 4 is 17.3 Å². The van der Waals surface area contributed by atoms with Gasteiger partial charge in [0.25, 0.3) is 0 Å². The number of hydrogen-bond acceptors (Lipinski definition) is 2. The number of aliphatic hydroxyl groups excluding tert-OH is 1. The molecule has 0 radical (unpaired) electrons. The highest BCUT2D eigenvalue weighted by Gasteiger charge is 2.35. The van der Waals surface area contributed by atoms with Gasteiger partial charge >= 0.3 is 6.18 Å². The maximum atomic E-state index is 12.4. The summed E-state index contributed by atoms with van der Waals surface area (Å²) >= 11 is 5.49. The second-order valence-corrected chi connectivity index (χ2v) is 3.12. The molecule has 0 aliphatic heterocycles. The number of halogens is 4. The lowest BCUT2D eigenvalue weighted by atomic mass is 10.1. The van der Waals surface area contributed by atoms with Gasteiger partial charge in [0.05, 0.1) is 12.2 Å². The van der Waals surface area contributed by atoms with Gasteiger partial charge in [-0.15, -0.1) is 0 Å². The second-order valence-electron chi connectivity index (χ2n) is 2.69. The van der Waals surface area contributed by atoms with Crippen molar-refractivity contribution < 1.29 is 18.3 Å². The van der Waals surface area contributed by atoms with Crippen molar-refractivity contribution in [2.45, 2.75) is 12.8 Å². The molecule has 0 aliphatic rings. The predicted molar refractivity (Wildman–Crippen MR) is 46.8 cm³/mol. The van der Waals surface area contributed by atoms with Gasteiger partial charge in [-0.3, -0.25) is 0 Å². The molecule has 78 valence electrons. The summed E-state index contributed by atoms with van der Waals surface area (Å²) in [4.78, 5) is 0. The molecule has 1 rings (SSSR count). The zero-order chi connectivity index (χ0) is 10.9. The molecule has 3 N–H and O–H groups in total. The molecule has 0 aliphatic carbocycles. The van der Waals surface area contributed by atoms with E-state index in [1.165, 1.54) is 0 Å². The fraction of sp³-hybridized carbons (Fsp3) is 0.250. The van der Waals surface area contributed by atoms with Crippen LogP contribution >= 0.6 is 11.6 Å². The summed E-state index contributed by atoms with van der Waals surface area (Å²) in [6.45, 7) is -0.750. The van der Waals surface area contributed by atoms with Crippen LogP contribution in [0, 0.1) is 0 Å². The Morgan fingerprint density at radius 3 is 2.36 bits per heavy atom. The number of nitrogens with two attached hydrogens (primary N) is 1. The Bertz CT molecular complexity index is 351. The fourth-order valence-electron chi connectivity index (χ4n) is 1.16. The molecule has 2 nitrogen and oxygen atoms in total. The zero-order valence-corrected chi connectivity index (χ0v) is 7.65. The summed E-state index contributed by atoms with van der Waals surface area (Å²) in [7, 11) is 0. The summed E-state index contributed by atoms with van der Waals surface area (Å²) in [5, 5.41) is 8.79. The van der Waals surface area contributed by atoms with Crippen LogP contribution in [0.15, 0.2) is 12.1 Å². The average Bonchev–Trinajstić information content (AvgIpc) is 1.99. The largest absolute Gasteiger partial charge is 0.418 e. The Balaban J connectivity index is 3.40. The van der Waals surface area contributed by atoms with Crippen molar-refractivity contribution in [3.8, 4) is 0 Å². The normalized spacial score (nSPS) is 11.8. The van der Waals surface area contributed by atoms with E-state index >= 15 is 0 Å². The lowest BCUT2D eigenvalue weighted by Gasteiger charge is -2.14. The van der Waals surface area contributed by atoms with Gasteiger partial charge < -0.3 is 10.8 Å². The SMILES string of the molecule is Nc1cc(Cl)cc(CO)c1C(F)(F)F. The van der Waals surface area contributed by atoms with Crippen LogP contribution in [0.4, 0.5) is 18.9 Å². The molecule has 0 aromatic heterocycles. The van der Waals surface area contributed by atoms with E-state index in [1.807, 2.05) is 0 Å². The van der Waals surface area contributed by atoms with Crippen molar-refractivity contribution in [3.63, 3.8) is 0 Å². The number of benzene rings is 1. The predicted octanol–water partition coefficient (Wildman–Crippen LogP) is 2.43. The molecular formula is C8H7ClF3NO. The third-order valence-corrected chi connectivity index (χ3v) is 1.89. The minimum Gasteiger partial charge on any atom is -0.398 e. The highest BCUT2D eigenvalue weighted by Crippen LogP contribution is 2.37. The van der Waals surface area contributed by atoms with Crippen LogP contribution in [0.25, 0.3) is 0 Å². The molecule has 1 aromatic rings. The summed E-state index contributed by atoms with van der Waals surface area (Å²) in [6, 6.07) is 2.05. The maximum Gasteiger partial charge on any atom is 0.418 e. The number of rotatable bonds is 1. The lowest BCUT2D eigenvalue weighted by Crippen LogP contribution is -2.12. The summed E-state index contributed by atoms with van der Waals surface area (Å²) in [5.74, 6) is 0. The van der Waals surface area contributed by atoms with Crippen LogP contribution in [0.2, 0.25) is 5.02 Å². The molecule has 0 spiro atoms. The van der Waals surface area contributed by atoms with Gasteiger partial charge in [-0.05, 0) is 17.7 Å². The van der Waals surface area contributed by atoms with E-state index in [0.29, 0.717) is 0 Å². The van der Waals surface area contributed by atoms with Gasteiger partial charge in [-0.1, -0.05) is 11.6 Å². The van der Waals surface area contributed by atoms with Gasteiger partial charge in [-0.2, -0.15) is 13.2 Å². The number of nitrogen functional groups attached to an aromatic ring is 1. The molecule has 0 saturated carbocycles. The number of aliphatic hydroxyl groups is 1. The first kappa shape index (κ1) is 11.1. The first-order chi connectivity index (χ1) is 6.36. The smallest absolute Gasteiger partial charge is 0.398 e. The second kappa shape index (κ2) is 3.67. The van der Waals surface area contributed by atoms with Crippen LogP contribution in [0.1, 0.15) is 11.1 Å². The Morgan fingerprint density at radius 2 is 1.93 bits per heavy atom. The van der Waals surface area contributed by atoms with Gasteiger partial charge in [0.1, 0.15) is 0 Å². The molecule has 0 atom stereocenters. The van der Waals surface area contributed by atoms with Crippen LogP contribution in [0.5, 0.6) is 0 Å². The molecule has 14 heavy (non-hydrogen) atoms. The third kappa shape index (κ3) is 2.10. The van der Waals surface area contributed by atoms with E-state index in [0.717, 1.165) is 12.1 Å². The average molecular weight is 226 g/mol. The highest BCUT2D eigenvalue weighted by molar-refractivity contribution is 6.31. The maximum absolute atomic E-state index is 12.4. The van der Waals surface area contributed by atoms with Gasteiger partial charge in [-0.25, -0.2) is 0 Å². The van der Waals surface area contributed by atoms with Crippen LogP contribution in [-0.4, -0.2) is 5.11 Å². The van der Waals surface area contributed by atoms with Gasteiger partial charge in [0.2, 0.25) is 0 Å². The first-order valence-corrected chi connectivity index (χ1v) is 4.00. The van der Waals surface area contributed by atoms with Crippen molar-refractivity contribution in [2.75, 3.05) is 5.73 Å². The van der Waals surface area contributed by atoms with E-state index in [4.69, 9.17) is 22.4 Å². The van der Waals surface area contributed by atoms with E-state index < -0.39 is 24.0 Å². The molecule has 0 fully saturated rings. The summed E-state index contributed by atoms with van der Waals surface area (Å²) in [6.07, 6.45) is -4.58. The molecule has 0 bridgehead atoms. The molecule has 0 heterocycles. The van der Waals surface area contributed by atoms with Crippen molar-refractivity contribution in [3.05, 3.63) is 28.3 Å². The number of hydrogen-bond donors (Lipinski definition) is 2. The van der Waals surface area contributed by atoms with E-state index in [2.05, 4.69) is 0 Å². The summed E-state index contributed by atoms with van der Waals surface area (Å²) < 4.78 is 37.2. The minimum absolute atomic E-state index is 0.0690. The van der Waals surface area contributed by atoms with Crippen molar-refractivity contribution in [1.29, 1.82) is 0 Å². The van der Waals surface area contributed by atoms with Crippen molar-refractivity contribution in [2.24, 2.45) is 0 Å². The fourth-order valence-corrected chi connectivity index (χ4v) is 1.41. The quantitative estimate of drug-likeness (QED) is 0.721. The van der Waals surface area contributed by atoms with Crippen LogP contribution in [-0.2, 0) is 12.8 Å². The first-order valence-electron chi connectivity index (χ1n) is 3.62. The van der Waals surface area contributed by atoms with Gasteiger partial charge in [0.15, 0.2) is 0 Å². The van der Waals surface area contributed by atoms with E-state index in [1.54, 1.807) is 0 Å². The lowest BCUT2D eigenvalue weighted by molar-refractivity contribution is -0.138. The topological polar surface area (TPSA) is 46.2 Å². The Kier molecular flexibility index (Phi) is 2.92. The van der Waals surface area contributed by atoms with Crippen LogP contribution < -0.4 is 5.73 Å². The Morgan fingerprint density at radius 1 is 1.36 bits per heavy atom. The Labute approximate surface area is 83.1 Å². The van der Waals surface area contributed by atoms with Gasteiger partial charge in [0, 0.05) is 10.7 Å². The molecule has 6 heteroatoms. The highest BCUT2D eigenvalue weighted by atomic mass is 35.5. The standard InChI is InChI=1S/C8H7ClF3NO/c9-5-1-4(3-14)7(6(13)2-5)8(10,11)12/h1-2,14H,3,13H2. The van der Waals surface area contributed by atoms with E-state index in [9.17, 15) is 13.2 Å². The minimum atomic E-state index is -4.58. The molecular weight excluding hydrogens is 219 g/mol. The monoisotopic (exact) mass is 225 g/mol. The molecule has 1 aromatic carbocycles. The van der Waals surface area contributed by atoms with Crippen LogP contribution in [0.3, 0.4) is 0 Å². The molecule has 0 amide bonds. The van der Waals surface area contributed by atoms with Crippen molar-refractivity contribution in [1.82, 2.24) is 0 Å². The summed E-state index contributed by atoms with van der Waals surface area (Å²) in [5.41, 5.74) is 3.35. The number of anilines is 1. The third-order valence-electron chi connectivity index (χ3n) is 1.67. The molecule has 0 unspecified atom stereocenters. The zero-order valence-electron chi connectivity index (χ0n) is 6.90. The molecule has 0 saturated heterocycles. The van der Waals surface area contributed by atoms with E-state index in [-0.39, 0.29) is 10.6 Å². The Hall–Kier alpha value is -0.940.